The molecule has 134 valence electrons. The highest BCUT2D eigenvalue weighted by Crippen LogP contribution is 2.27. The summed E-state index contributed by atoms with van der Waals surface area (Å²) >= 11 is 1.43. The zero-order chi connectivity index (χ0) is 18.5. The van der Waals surface area contributed by atoms with Gasteiger partial charge in [0, 0.05) is 17.0 Å². The van der Waals surface area contributed by atoms with Crippen LogP contribution in [0, 0.1) is 0 Å². The van der Waals surface area contributed by atoms with Crippen molar-refractivity contribution in [3.63, 3.8) is 0 Å². The lowest BCUT2D eigenvalue weighted by molar-refractivity contribution is -0.113. The molecule has 2 aromatic carbocycles. The molecule has 0 aliphatic heterocycles. The van der Waals surface area contributed by atoms with Crippen LogP contribution in [0.4, 0.5) is 5.69 Å². The highest BCUT2D eigenvalue weighted by atomic mass is 32.2. The number of carbonyl (C=O) groups is 1. The molecular weight excluding hydrogens is 346 g/mol. The lowest BCUT2D eigenvalue weighted by Crippen LogP contribution is -2.14. The van der Waals surface area contributed by atoms with Gasteiger partial charge in [-0.25, -0.2) is 9.97 Å². The number of para-hydroxylation sites is 1. The molecule has 0 unspecified atom stereocenters. The highest BCUT2D eigenvalue weighted by molar-refractivity contribution is 8.00. The van der Waals surface area contributed by atoms with E-state index in [4.69, 9.17) is 4.74 Å². The minimum absolute atomic E-state index is 0.0750. The summed E-state index contributed by atoms with van der Waals surface area (Å²) in [5.74, 6) is 1.98. The number of hydrogen-bond donors (Lipinski definition) is 1. The van der Waals surface area contributed by atoms with E-state index < -0.39 is 0 Å². The van der Waals surface area contributed by atoms with Crippen molar-refractivity contribution in [2.24, 2.45) is 0 Å². The molecule has 1 amide bonds. The van der Waals surface area contributed by atoms with Gasteiger partial charge in [0.15, 0.2) is 0 Å². The SMILES string of the molecule is COc1ccc(NC(=O)CSc2nc(C(C)C)nc3ccccc23)cc1. The van der Waals surface area contributed by atoms with E-state index in [1.807, 2.05) is 48.5 Å². The van der Waals surface area contributed by atoms with Gasteiger partial charge in [-0.2, -0.15) is 0 Å². The predicted octanol–water partition coefficient (Wildman–Crippen LogP) is 4.49. The second-order valence-electron chi connectivity index (χ2n) is 6.12. The minimum Gasteiger partial charge on any atom is -0.497 e. The van der Waals surface area contributed by atoms with Gasteiger partial charge in [-0.1, -0.05) is 43.8 Å². The molecule has 0 aliphatic carbocycles. The van der Waals surface area contributed by atoms with Gasteiger partial charge in [-0.3, -0.25) is 4.79 Å². The zero-order valence-electron chi connectivity index (χ0n) is 15.0. The largest absolute Gasteiger partial charge is 0.497 e. The third kappa shape index (κ3) is 4.32. The van der Waals surface area contributed by atoms with Crippen LogP contribution in [0.5, 0.6) is 5.75 Å². The second-order valence-corrected chi connectivity index (χ2v) is 7.09. The molecule has 6 heteroatoms. The molecule has 3 rings (SSSR count). The van der Waals surface area contributed by atoms with Gasteiger partial charge in [0.05, 0.1) is 18.4 Å². The van der Waals surface area contributed by atoms with Gasteiger partial charge in [0.25, 0.3) is 0 Å². The molecule has 1 aromatic heterocycles. The first kappa shape index (κ1) is 18.2. The first-order valence-corrected chi connectivity index (χ1v) is 9.38. The Hall–Kier alpha value is -2.60. The fourth-order valence-electron chi connectivity index (χ4n) is 2.44. The summed E-state index contributed by atoms with van der Waals surface area (Å²) in [5, 5.41) is 4.70. The number of fused-ring (bicyclic) bond motifs is 1. The lowest BCUT2D eigenvalue weighted by atomic mass is 10.2. The van der Waals surface area contributed by atoms with E-state index >= 15 is 0 Å². The normalized spacial score (nSPS) is 10.9. The molecule has 0 fully saturated rings. The molecular formula is C20H21N3O2S. The Morgan fingerprint density at radius 2 is 1.85 bits per heavy atom. The van der Waals surface area contributed by atoms with Crippen LogP contribution in [0.15, 0.2) is 53.6 Å². The summed E-state index contributed by atoms with van der Waals surface area (Å²) in [7, 11) is 1.61. The van der Waals surface area contributed by atoms with Crippen LogP contribution in [0.25, 0.3) is 10.9 Å². The van der Waals surface area contributed by atoms with Gasteiger partial charge in [-0.05, 0) is 30.3 Å². The monoisotopic (exact) mass is 367 g/mol. The van der Waals surface area contributed by atoms with Crippen molar-refractivity contribution in [2.45, 2.75) is 24.8 Å². The van der Waals surface area contributed by atoms with Crippen molar-refractivity contribution in [1.29, 1.82) is 0 Å². The van der Waals surface area contributed by atoms with Crippen LogP contribution in [-0.4, -0.2) is 28.7 Å². The van der Waals surface area contributed by atoms with Crippen LogP contribution in [-0.2, 0) is 4.79 Å². The molecule has 1 N–H and O–H groups in total. The maximum absolute atomic E-state index is 12.3. The number of amides is 1. The van der Waals surface area contributed by atoms with E-state index in [-0.39, 0.29) is 17.6 Å². The fraction of sp³-hybridized carbons (Fsp3) is 0.250. The van der Waals surface area contributed by atoms with E-state index in [1.165, 1.54) is 11.8 Å². The summed E-state index contributed by atoms with van der Waals surface area (Å²) < 4.78 is 5.12. The number of nitrogens with one attached hydrogen (secondary N) is 1. The standard InChI is InChI=1S/C20H21N3O2S/c1-13(2)19-22-17-7-5-4-6-16(17)20(23-19)26-12-18(24)21-14-8-10-15(25-3)11-9-14/h4-11,13H,12H2,1-3H3,(H,21,24). The molecule has 0 saturated heterocycles. The number of aromatic nitrogens is 2. The summed E-state index contributed by atoms with van der Waals surface area (Å²) in [4.78, 5) is 21.6. The van der Waals surface area contributed by atoms with E-state index in [2.05, 4.69) is 29.1 Å². The Labute approximate surface area is 157 Å². The molecule has 0 atom stereocenters. The Morgan fingerprint density at radius 3 is 2.54 bits per heavy atom. The van der Waals surface area contributed by atoms with Gasteiger partial charge < -0.3 is 10.1 Å². The quantitative estimate of drug-likeness (QED) is 0.514. The number of ether oxygens (including phenoxy) is 1. The Bertz CT molecular complexity index is 911. The van der Waals surface area contributed by atoms with Crippen molar-refractivity contribution >= 4 is 34.3 Å². The summed E-state index contributed by atoms with van der Waals surface area (Å²) in [6, 6.07) is 15.2. The van der Waals surface area contributed by atoms with Crippen molar-refractivity contribution < 1.29 is 9.53 Å². The molecule has 0 aliphatic rings. The number of methoxy groups -OCH3 is 1. The third-order valence-corrected chi connectivity index (χ3v) is 4.81. The number of anilines is 1. The second kappa shape index (κ2) is 8.19. The molecule has 0 saturated carbocycles. The van der Waals surface area contributed by atoms with Gasteiger partial charge in [0.1, 0.15) is 16.6 Å². The van der Waals surface area contributed by atoms with Crippen molar-refractivity contribution in [3.05, 3.63) is 54.4 Å². The summed E-state index contributed by atoms with van der Waals surface area (Å²) in [6.45, 7) is 4.13. The van der Waals surface area contributed by atoms with Crippen LogP contribution in [0.2, 0.25) is 0 Å². The average Bonchev–Trinajstić information content (AvgIpc) is 2.66. The van der Waals surface area contributed by atoms with Crippen LogP contribution in [0.3, 0.4) is 0 Å². The molecule has 3 aromatic rings. The van der Waals surface area contributed by atoms with Crippen molar-refractivity contribution in [1.82, 2.24) is 9.97 Å². The van der Waals surface area contributed by atoms with E-state index in [0.29, 0.717) is 0 Å². The van der Waals surface area contributed by atoms with E-state index in [9.17, 15) is 4.79 Å². The van der Waals surface area contributed by atoms with Gasteiger partial charge in [0.2, 0.25) is 5.91 Å². The number of nitrogens with zero attached hydrogens (tertiary/aromatic N) is 2. The topological polar surface area (TPSA) is 64.1 Å². The van der Waals surface area contributed by atoms with Gasteiger partial charge in [-0.15, -0.1) is 0 Å². The van der Waals surface area contributed by atoms with Crippen molar-refractivity contribution in [2.75, 3.05) is 18.2 Å². The van der Waals surface area contributed by atoms with Crippen LogP contribution in [0.1, 0.15) is 25.6 Å². The predicted molar refractivity (Wildman–Crippen MR) is 106 cm³/mol. The van der Waals surface area contributed by atoms with E-state index in [0.717, 1.165) is 33.2 Å². The number of thioether (sulfide) groups is 1. The fourth-order valence-corrected chi connectivity index (χ4v) is 3.26. The first-order chi connectivity index (χ1) is 12.6. The maximum Gasteiger partial charge on any atom is 0.234 e. The number of carbonyl (C=O) groups excluding carboxylic acids is 1. The Morgan fingerprint density at radius 1 is 1.12 bits per heavy atom. The number of hydrogen-bond acceptors (Lipinski definition) is 5. The molecule has 0 radical (unpaired) electrons. The van der Waals surface area contributed by atoms with Crippen LogP contribution < -0.4 is 10.1 Å². The molecule has 1 heterocycles. The smallest absolute Gasteiger partial charge is 0.234 e. The average molecular weight is 367 g/mol. The third-order valence-electron chi connectivity index (χ3n) is 3.82. The molecule has 0 spiro atoms. The van der Waals surface area contributed by atoms with E-state index in [1.54, 1.807) is 7.11 Å². The molecule has 0 bridgehead atoms. The number of rotatable bonds is 6. The minimum atomic E-state index is -0.0750. The molecule has 26 heavy (non-hydrogen) atoms. The highest BCUT2D eigenvalue weighted by Gasteiger charge is 2.12. The van der Waals surface area contributed by atoms with Gasteiger partial charge >= 0.3 is 0 Å². The van der Waals surface area contributed by atoms with Crippen molar-refractivity contribution in [3.8, 4) is 5.75 Å². The maximum atomic E-state index is 12.3. The lowest BCUT2D eigenvalue weighted by Gasteiger charge is -2.10. The zero-order valence-corrected chi connectivity index (χ0v) is 15.8. The summed E-state index contributed by atoms with van der Waals surface area (Å²) in [5.41, 5.74) is 1.65. The number of benzene rings is 2. The molecule has 5 nitrogen and oxygen atoms in total. The van der Waals surface area contributed by atoms with Crippen LogP contribution >= 0.6 is 11.8 Å². The summed E-state index contributed by atoms with van der Waals surface area (Å²) in [6.07, 6.45) is 0. The Kier molecular flexibility index (Phi) is 5.73. The Balaban J connectivity index is 1.72. The first-order valence-electron chi connectivity index (χ1n) is 8.40.